The van der Waals surface area contributed by atoms with Crippen LogP contribution in [0.4, 0.5) is 5.69 Å². The maximum Gasteiger partial charge on any atom is 0.0426 e. The zero-order valence-electron chi connectivity index (χ0n) is 14.7. The Hall–Kier alpha value is -1.80. The first-order chi connectivity index (χ1) is 10.8. The molecule has 0 fully saturated rings. The Morgan fingerprint density at radius 1 is 0.957 bits per heavy atom. The summed E-state index contributed by atoms with van der Waals surface area (Å²) in [6, 6.07) is 17.5. The lowest BCUT2D eigenvalue weighted by molar-refractivity contribution is 0.424. The summed E-state index contributed by atoms with van der Waals surface area (Å²) in [5.41, 5.74) is 5.82. The molecular formula is C21H28N2. The van der Waals surface area contributed by atoms with Crippen LogP contribution in [0.2, 0.25) is 0 Å². The highest BCUT2D eigenvalue weighted by atomic mass is 15.0. The van der Waals surface area contributed by atoms with E-state index in [0.29, 0.717) is 0 Å². The summed E-state index contributed by atoms with van der Waals surface area (Å²) in [6.45, 7) is 9.89. The third-order valence-electron chi connectivity index (χ3n) is 4.47. The van der Waals surface area contributed by atoms with E-state index >= 15 is 0 Å². The van der Waals surface area contributed by atoms with Crippen LogP contribution < -0.4 is 10.6 Å². The second-order valence-electron chi connectivity index (χ2n) is 8.11. The molecule has 1 aliphatic rings. The van der Waals surface area contributed by atoms with Crippen LogP contribution in [0.25, 0.3) is 0 Å². The molecule has 23 heavy (non-hydrogen) atoms. The smallest absolute Gasteiger partial charge is 0.0426 e. The fraction of sp³-hybridized carbons (Fsp3) is 0.429. The molecule has 1 atom stereocenters. The van der Waals surface area contributed by atoms with E-state index in [2.05, 4.69) is 86.9 Å². The average molecular weight is 308 g/mol. The summed E-state index contributed by atoms with van der Waals surface area (Å²) >= 11 is 0. The van der Waals surface area contributed by atoms with Gasteiger partial charge in [-0.1, -0.05) is 36.4 Å². The fourth-order valence-corrected chi connectivity index (χ4v) is 3.35. The predicted molar refractivity (Wildman–Crippen MR) is 98.9 cm³/mol. The second kappa shape index (κ2) is 6.01. The van der Waals surface area contributed by atoms with Gasteiger partial charge in [0.25, 0.3) is 0 Å². The molecule has 0 radical (unpaired) electrons. The molecule has 2 aromatic carbocycles. The predicted octanol–water partition coefficient (Wildman–Crippen LogP) is 4.54. The molecule has 0 amide bonds. The molecule has 122 valence electrons. The Morgan fingerprint density at radius 3 is 2.35 bits per heavy atom. The topological polar surface area (TPSA) is 24.1 Å². The SMILES string of the molecule is CC(C)(C)NCc1ccc2c(c1)CC(C)(Nc1ccccc1)C2. The van der Waals surface area contributed by atoms with E-state index in [1.165, 1.54) is 22.4 Å². The Bertz CT molecular complexity index is 670. The molecule has 1 unspecified atom stereocenters. The first kappa shape index (κ1) is 16.1. The van der Waals surface area contributed by atoms with Crippen molar-refractivity contribution in [3.63, 3.8) is 0 Å². The normalized spacial score (nSPS) is 20.3. The zero-order valence-corrected chi connectivity index (χ0v) is 14.7. The Balaban J connectivity index is 1.71. The van der Waals surface area contributed by atoms with Crippen LogP contribution in [0.1, 0.15) is 44.4 Å². The first-order valence-corrected chi connectivity index (χ1v) is 8.52. The highest BCUT2D eigenvalue weighted by Crippen LogP contribution is 2.33. The molecule has 0 spiro atoms. The third kappa shape index (κ3) is 4.14. The molecule has 2 aromatic rings. The summed E-state index contributed by atoms with van der Waals surface area (Å²) in [7, 11) is 0. The van der Waals surface area contributed by atoms with Gasteiger partial charge in [0, 0.05) is 23.3 Å². The maximum atomic E-state index is 3.72. The number of fused-ring (bicyclic) bond motifs is 1. The number of rotatable bonds is 4. The number of benzene rings is 2. The lowest BCUT2D eigenvalue weighted by Gasteiger charge is -2.26. The lowest BCUT2D eigenvalue weighted by atomic mass is 9.98. The lowest BCUT2D eigenvalue weighted by Crippen LogP contribution is -2.35. The summed E-state index contributed by atoms with van der Waals surface area (Å²) in [6.07, 6.45) is 2.17. The maximum absolute atomic E-state index is 3.72. The highest BCUT2D eigenvalue weighted by Gasteiger charge is 2.32. The van der Waals surface area contributed by atoms with Gasteiger partial charge >= 0.3 is 0 Å². The molecular weight excluding hydrogens is 280 g/mol. The van der Waals surface area contributed by atoms with E-state index in [-0.39, 0.29) is 11.1 Å². The van der Waals surface area contributed by atoms with Crippen LogP contribution in [0, 0.1) is 0 Å². The first-order valence-electron chi connectivity index (χ1n) is 8.52. The highest BCUT2D eigenvalue weighted by molar-refractivity contribution is 5.49. The fourth-order valence-electron chi connectivity index (χ4n) is 3.35. The van der Waals surface area contributed by atoms with Gasteiger partial charge in [-0.05, 0) is 69.4 Å². The van der Waals surface area contributed by atoms with E-state index in [4.69, 9.17) is 0 Å². The third-order valence-corrected chi connectivity index (χ3v) is 4.47. The van der Waals surface area contributed by atoms with Crippen molar-refractivity contribution in [1.82, 2.24) is 5.32 Å². The molecule has 2 N–H and O–H groups in total. The molecule has 0 aliphatic heterocycles. The van der Waals surface area contributed by atoms with Crippen molar-refractivity contribution in [2.75, 3.05) is 5.32 Å². The molecule has 0 bridgehead atoms. The van der Waals surface area contributed by atoms with Crippen LogP contribution in [-0.2, 0) is 19.4 Å². The summed E-state index contributed by atoms with van der Waals surface area (Å²) in [4.78, 5) is 0. The summed E-state index contributed by atoms with van der Waals surface area (Å²) < 4.78 is 0. The average Bonchev–Trinajstić information content (AvgIpc) is 2.80. The van der Waals surface area contributed by atoms with Gasteiger partial charge in [-0.2, -0.15) is 0 Å². The van der Waals surface area contributed by atoms with Crippen LogP contribution in [0.15, 0.2) is 48.5 Å². The largest absolute Gasteiger partial charge is 0.379 e. The van der Waals surface area contributed by atoms with Gasteiger partial charge in [-0.15, -0.1) is 0 Å². The molecule has 0 aromatic heterocycles. The molecule has 2 nitrogen and oxygen atoms in total. The van der Waals surface area contributed by atoms with Gasteiger partial charge < -0.3 is 10.6 Å². The van der Waals surface area contributed by atoms with Crippen LogP contribution >= 0.6 is 0 Å². The van der Waals surface area contributed by atoms with Crippen LogP contribution in [0.5, 0.6) is 0 Å². The summed E-state index contributed by atoms with van der Waals surface area (Å²) in [5.74, 6) is 0. The molecule has 3 rings (SSSR count). The minimum Gasteiger partial charge on any atom is -0.379 e. The molecule has 0 saturated heterocycles. The number of para-hydroxylation sites is 1. The summed E-state index contributed by atoms with van der Waals surface area (Å²) in [5, 5.41) is 7.30. The van der Waals surface area contributed by atoms with Crippen LogP contribution in [-0.4, -0.2) is 11.1 Å². The van der Waals surface area contributed by atoms with Crippen molar-refractivity contribution >= 4 is 5.69 Å². The van der Waals surface area contributed by atoms with Gasteiger partial charge in [0.15, 0.2) is 0 Å². The van der Waals surface area contributed by atoms with Crippen LogP contribution in [0.3, 0.4) is 0 Å². The van der Waals surface area contributed by atoms with Gasteiger partial charge in [-0.25, -0.2) is 0 Å². The van der Waals surface area contributed by atoms with E-state index in [1.54, 1.807) is 0 Å². The number of hydrogen-bond donors (Lipinski definition) is 2. The number of anilines is 1. The number of hydrogen-bond acceptors (Lipinski definition) is 2. The number of nitrogens with one attached hydrogen (secondary N) is 2. The molecule has 2 heteroatoms. The van der Waals surface area contributed by atoms with Crippen molar-refractivity contribution in [1.29, 1.82) is 0 Å². The molecule has 0 heterocycles. The van der Waals surface area contributed by atoms with Gasteiger partial charge in [0.05, 0.1) is 0 Å². The van der Waals surface area contributed by atoms with Crippen molar-refractivity contribution in [3.8, 4) is 0 Å². The van der Waals surface area contributed by atoms with E-state index in [0.717, 1.165) is 19.4 Å². The Kier molecular flexibility index (Phi) is 4.20. The quantitative estimate of drug-likeness (QED) is 0.866. The second-order valence-corrected chi connectivity index (χ2v) is 8.11. The monoisotopic (exact) mass is 308 g/mol. The standard InChI is InChI=1S/C21H28N2/c1-20(2,3)22-15-16-10-11-17-13-21(4,14-18(17)12-16)23-19-8-6-5-7-9-19/h5-12,22-23H,13-15H2,1-4H3. The van der Waals surface area contributed by atoms with Crippen molar-refractivity contribution in [3.05, 3.63) is 65.2 Å². The van der Waals surface area contributed by atoms with E-state index < -0.39 is 0 Å². The zero-order chi connectivity index (χ0) is 16.5. The van der Waals surface area contributed by atoms with Gasteiger partial charge in [0.1, 0.15) is 0 Å². The Labute approximate surface area is 140 Å². The van der Waals surface area contributed by atoms with Crippen molar-refractivity contribution in [2.24, 2.45) is 0 Å². The minimum atomic E-state index is 0.111. The van der Waals surface area contributed by atoms with E-state index in [1.807, 2.05) is 0 Å². The van der Waals surface area contributed by atoms with Gasteiger partial charge in [0.2, 0.25) is 0 Å². The van der Waals surface area contributed by atoms with Crippen molar-refractivity contribution < 1.29 is 0 Å². The molecule has 0 saturated carbocycles. The van der Waals surface area contributed by atoms with E-state index in [9.17, 15) is 0 Å². The van der Waals surface area contributed by atoms with Gasteiger partial charge in [-0.3, -0.25) is 0 Å². The molecule has 1 aliphatic carbocycles. The Morgan fingerprint density at radius 2 is 1.65 bits per heavy atom. The van der Waals surface area contributed by atoms with Crippen molar-refractivity contribution in [2.45, 2.75) is 58.2 Å². The minimum absolute atomic E-state index is 0.111.